The van der Waals surface area contributed by atoms with Crippen LogP contribution in [-0.2, 0) is 0 Å². The Balaban J connectivity index is 2.03. The molecule has 94 valence electrons. The van der Waals surface area contributed by atoms with Crippen molar-refractivity contribution in [1.29, 1.82) is 0 Å². The van der Waals surface area contributed by atoms with Gasteiger partial charge >= 0.3 is 0 Å². The maximum absolute atomic E-state index is 11.3. The number of hydrogen-bond acceptors (Lipinski definition) is 1. The average Bonchev–Trinajstić information content (AvgIpc) is 2.96. The molecule has 0 bridgehead atoms. The van der Waals surface area contributed by atoms with Gasteiger partial charge in [-0.3, -0.25) is 0 Å². The molecule has 0 radical (unpaired) electrons. The van der Waals surface area contributed by atoms with Gasteiger partial charge in [0.15, 0.2) is 8.32 Å². The third-order valence-electron chi connectivity index (χ3n) is 5.06. The first-order valence-electron chi connectivity index (χ1n) is 7.49. The van der Waals surface area contributed by atoms with Gasteiger partial charge in [0.2, 0.25) is 0 Å². The fourth-order valence-corrected chi connectivity index (χ4v) is 9.27. The van der Waals surface area contributed by atoms with Gasteiger partial charge in [-0.2, -0.15) is 0 Å². The van der Waals surface area contributed by atoms with Gasteiger partial charge in [-0.25, -0.2) is 0 Å². The third-order valence-corrected chi connectivity index (χ3v) is 10.2. The monoisotopic (exact) mass is 240 g/mol. The summed E-state index contributed by atoms with van der Waals surface area (Å²) in [6.45, 7) is 2.26. The van der Waals surface area contributed by atoms with E-state index in [1.807, 2.05) is 0 Å². The van der Waals surface area contributed by atoms with Crippen LogP contribution in [0.4, 0.5) is 0 Å². The summed E-state index contributed by atoms with van der Waals surface area (Å²) in [7, 11) is -1.90. The first-order valence-corrected chi connectivity index (χ1v) is 9.80. The summed E-state index contributed by atoms with van der Waals surface area (Å²) in [4.78, 5) is 11.3. The van der Waals surface area contributed by atoms with E-state index in [0.29, 0.717) is 0 Å². The molecule has 0 spiro atoms. The zero-order valence-corrected chi connectivity index (χ0v) is 11.9. The van der Waals surface area contributed by atoms with Crippen LogP contribution in [0.1, 0.15) is 71.1 Å². The van der Waals surface area contributed by atoms with E-state index in [4.69, 9.17) is 0 Å². The van der Waals surface area contributed by atoms with Crippen molar-refractivity contribution in [1.82, 2.24) is 0 Å². The second kappa shape index (κ2) is 5.68. The highest BCUT2D eigenvalue weighted by atomic mass is 28.4. The molecule has 2 aliphatic rings. The normalized spacial score (nSPS) is 24.4. The minimum absolute atomic E-state index is 0.766. The second-order valence-corrected chi connectivity index (χ2v) is 10.2. The molecule has 0 saturated heterocycles. The summed E-state index contributed by atoms with van der Waals surface area (Å²) in [5, 5.41) is 0. The van der Waals surface area contributed by atoms with E-state index in [-0.39, 0.29) is 0 Å². The first kappa shape index (κ1) is 12.6. The molecule has 2 aliphatic carbocycles. The van der Waals surface area contributed by atoms with Crippen LogP contribution in [0.5, 0.6) is 0 Å². The smallest absolute Gasteiger partial charge is 0.194 e. The van der Waals surface area contributed by atoms with Crippen molar-refractivity contribution in [2.75, 3.05) is 0 Å². The molecule has 2 saturated carbocycles. The topological polar surface area (TPSA) is 20.2 Å². The maximum Gasteiger partial charge on any atom is 0.194 e. The molecule has 0 aromatic carbocycles. The van der Waals surface area contributed by atoms with Gasteiger partial charge in [-0.1, -0.05) is 71.1 Å². The summed E-state index contributed by atoms with van der Waals surface area (Å²) >= 11 is 0. The molecule has 16 heavy (non-hydrogen) atoms. The fourth-order valence-electron chi connectivity index (χ4n) is 4.05. The van der Waals surface area contributed by atoms with Crippen LogP contribution in [0.2, 0.25) is 17.1 Å². The van der Waals surface area contributed by atoms with Crippen molar-refractivity contribution < 1.29 is 4.80 Å². The Morgan fingerprint density at radius 2 is 1.38 bits per heavy atom. The van der Waals surface area contributed by atoms with Gasteiger partial charge in [0.05, 0.1) is 0 Å². The zero-order chi connectivity index (χ0) is 11.4. The van der Waals surface area contributed by atoms with Crippen LogP contribution in [0.3, 0.4) is 0 Å². The Kier molecular flexibility index (Phi) is 4.48. The van der Waals surface area contributed by atoms with Gasteiger partial charge in [0, 0.05) is 0 Å². The molecule has 2 heteroatoms. The molecule has 0 aliphatic heterocycles. The van der Waals surface area contributed by atoms with Crippen LogP contribution >= 0.6 is 0 Å². The van der Waals surface area contributed by atoms with Crippen molar-refractivity contribution in [2.45, 2.75) is 88.3 Å². The molecule has 0 atom stereocenters. The third kappa shape index (κ3) is 2.53. The number of unbranched alkanes of at least 4 members (excludes halogenated alkanes) is 1. The van der Waals surface area contributed by atoms with Crippen molar-refractivity contribution in [2.24, 2.45) is 0 Å². The van der Waals surface area contributed by atoms with Crippen LogP contribution in [0.15, 0.2) is 0 Å². The highest BCUT2D eigenvalue weighted by Crippen LogP contribution is 2.50. The minimum Gasteiger partial charge on any atom is -0.431 e. The van der Waals surface area contributed by atoms with E-state index >= 15 is 0 Å². The predicted octanol–water partition coefficient (Wildman–Crippen LogP) is 4.61. The van der Waals surface area contributed by atoms with Crippen LogP contribution in [0, 0.1) is 0 Å². The fraction of sp³-hybridized carbons (Fsp3) is 1.00. The minimum atomic E-state index is -1.90. The Bertz CT molecular complexity index is 189. The number of rotatable bonds is 5. The molecule has 0 unspecified atom stereocenters. The Morgan fingerprint density at radius 1 is 0.938 bits per heavy atom. The molecule has 2 rings (SSSR count). The molecule has 0 aromatic heterocycles. The van der Waals surface area contributed by atoms with Crippen molar-refractivity contribution in [3.63, 3.8) is 0 Å². The highest BCUT2D eigenvalue weighted by Gasteiger charge is 2.47. The van der Waals surface area contributed by atoms with E-state index < -0.39 is 8.32 Å². The lowest BCUT2D eigenvalue weighted by atomic mass is 10.3. The van der Waals surface area contributed by atoms with Crippen LogP contribution in [0.25, 0.3) is 0 Å². The van der Waals surface area contributed by atoms with Gasteiger partial charge in [0.25, 0.3) is 0 Å². The Morgan fingerprint density at radius 3 is 1.75 bits per heavy atom. The van der Waals surface area contributed by atoms with Crippen molar-refractivity contribution in [3.8, 4) is 0 Å². The quantitative estimate of drug-likeness (QED) is 0.696. The SMILES string of the molecule is CCCC[Si](O)(C1CCCC1)C1CCCC1. The van der Waals surface area contributed by atoms with Crippen LogP contribution < -0.4 is 0 Å². The maximum atomic E-state index is 11.3. The zero-order valence-electron chi connectivity index (χ0n) is 10.9. The molecule has 0 aromatic rings. The second-order valence-electron chi connectivity index (χ2n) is 6.06. The molecular formula is C14H28OSi. The van der Waals surface area contributed by atoms with E-state index in [1.54, 1.807) is 0 Å². The van der Waals surface area contributed by atoms with Gasteiger partial charge in [-0.05, 0) is 17.1 Å². The molecule has 0 amide bonds. The lowest BCUT2D eigenvalue weighted by Crippen LogP contribution is -2.43. The molecular weight excluding hydrogens is 212 g/mol. The summed E-state index contributed by atoms with van der Waals surface area (Å²) < 4.78 is 0. The summed E-state index contributed by atoms with van der Waals surface area (Å²) in [5.41, 5.74) is 1.53. The van der Waals surface area contributed by atoms with Gasteiger partial charge in [-0.15, -0.1) is 0 Å². The molecule has 2 fully saturated rings. The lowest BCUT2D eigenvalue weighted by molar-refractivity contribution is 0.462. The van der Waals surface area contributed by atoms with Gasteiger partial charge in [0.1, 0.15) is 0 Å². The van der Waals surface area contributed by atoms with E-state index in [0.717, 1.165) is 11.1 Å². The molecule has 1 nitrogen and oxygen atoms in total. The first-order chi connectivity index (χ1) is 7.77. The summed E-state index contributed by atoms with van der Waals surface area (Å²) in [6, 6.07) is 1.21. The lowest BCUT2D eigenvalue weighted by Gasteiger charge is -2.37. The van der Waals surface area contributed by atoms with Crippen molar-refractivity contribution in [3.05, 3.63) is 0 Å². The Labute approximate surface area is 102 Å². The molecule has 0 heterocycles. The largest absolute Gasteiger partial charge is 0.431 e. The average molecular weight is 240 g/mol. The van der Waals surface area contributed by atoms with Crippen LogP contribution in [-0.4, -0.2) is 13.1 Å². The molecule has 1 N–H and O–H groups in total. The summed E-state index contributed by atoms with van der Waals surface area (Å²) in [6.07, 6.45) is 13.5. The highest BCUT2D eigenvalue weighted by molar-refractivity contribution is 6.75. The van der Waals surface area contributed by atoms with E-state index in [1.165, 1.54) is 70.3 Å². The van der Waals surface area contributed by atoms with E-state index in [9.17, 15) is 4.80 Å². The summed E-state index contributed by atoms with van der Waals surface area (Å²) in [5.74, 6) is 0. The van der Waals surface area contributed by atoms with Gasteiger partial charge < -0.3 is 4.80 Å². The Hall–Kier alpha value is 0.177. The van der Waals surface area contributed by atoms with E-state index in [2.05, 4.69) is 6.92 Å². The predicted molar refractivity (Wildman–Crippen MR) is 72.1 cm³/mol. The standard InChI is InChI=1S/C14H28OSi/c1-2-3-12-16(15,13-8-4-5-9-13)14-10-6-7-11-14/h13-15H,2-12H2,1H3. The van der Waals surface area contributed by atoms with Crippen molar-refractivity contribution >= 4 is 8.32 Å². The number of hydrogen-bond donors (Lipinski definition) is 1.